The topological polar surface area (TPSA) is 63.2 Å². The standard InChI is InChI=1S/C23H33F4N3O2/c1-13(2)16-8-7-14(3)10-18(16)32-21(31)29-19-6-5-9-22(19,4)30-20-17(24)11-15(12-28-20)23(25,26)27/h11-14,16,18-19H,5-10H2,1-4H3,(H,28,30)(H,29,31)/t14-,16+,18-,19?,22+/m1/s1. The Morgan fingerprint density at radius 2 is 2.00 bits per heavy atom. The maximum absolute atomic E-state index is 14.3. The molecule has 3 rings (SSSR count). The highest BCUT2D eigenvalue weighted by molar-refractivity contribution is 5.68. The first-order valence-corrected chi connectivity index (χ1v) is 11.4. The molecular formula is C23H33F4N3O2. The average molecular weight is 460 g/mol. The smallest absolute Gasteiger partial charge is 0.417 e. The third kappa shape index (κ3) is 5.64. The summed E-state index contributed by atoms with van der Waals surface area (Å²) < 4.78 is 58.5. The second kappa shape index (κ2) is 9.43. The first kappa shape index (κ1) is 24.6. The Morgan fingerprint density at radius 3 is 2.62 bits per heavy atom. The number of aromatic nitrogens is 1. The third-order valence-corrected chi connectivity index (χ3v) is 7.04. The molecule has 0 radical (unpaired) electrons. The van der Waals surface area contributed by atoms with Crippen LogP contribution >= 0.6 is 0 Å². The molecule has 2 aliphatic rings. The molecule has 0 saturated heterocycles. The van der Waals surface area contributed by atoms with Crippen molar-refractivity contribution in [2.75, 3.05) is 5.32 Å². The van der Waals surface area contributed by atoms with E-state index in [-0.39, 0.29) is 18.0 Å². The molecule has 2 saturated carbocycles. The van der Waals surface area contributed by atoms with Crippen molar-refractivity contribution in [1.82, 2.24) is 10.3 Å². The Hall–Kier alpha value is -2.06. The first-order valence-electron chi connectivity index (χ1n) is 11.4. The van der Waals surface area contributed by atoms with Crippen molar-refractivity contribution < 1.29 is 27.1 Å². The number of carbonyl (C=O) groups is 1. The number of alkyl halides is 3. The monoisotopic (exact) mass is 459 g/mol. The number of rotatable bonds is 5. The second-order valence-electron chi connectivity index (χ2n) is 9.95. The van der Waals surface area contributed by atoms with Gasteiger partial charge in [0.05, 0.1) is 17.1 Å². The minimum Gasteiger partial charge on any atom is -0.446 e. The van der Waals surface area contributed by atoms with Crippen molar-refractivity contribution in [3.05, 3.63) is 23.6 Å². The summed E-state index contributed by atoms with van der Waals surface area (Å²) in [6.07, 6.45) is 0.301. The quantitative estimate of drug-likeness (QED) is 0.519. The lowest BCUT2D eigenvalue weighted by Gasteiger charge is -2.38. The molecule has 9 heteroatoms. The molecule has 1 amide bonds. The SMILES string of the molecule is CC(C)[C@@H]1CC[C@@H](C)C[C@H]1OC(=O)NC1CCC[C@]1(C)Nc1ncc(C(F)(F)F)cc1F. The lowest BCUT2D eigenvalue weighted by Crippen LogP contribution is -2.53. The van der Waals surface area contributed by atoms with Gasteiger partial charge in [-0.2, -0.15) is 13.2 Å². The number of ether oxygens (including phenoxy) is 1. The summed E-state index contributed by atoms with van der Waals surface area (Å²) in [5.74, 6) is -0.119. The lowest BCUT2D eigenvalue weighted by molar-refractivity contribution is -0.138. The molecule has 0 aliphatic heterocycles. The van der Waals surface area contributed by atoms with Gasteiger partial charge in [-0.15, -0.1) is 0 Å². The number of pyridine rings is 1. The van der Waals surface area contributed by atoms with Gasteiger partial charge in [-0.1, -0.05) is 27.2 Å². The van der Waals surface area contributed by atoms with Crippen molar-refractivity contribution >= 4 is 11.9 Å². The number of nitrogens with zero attached hydrogens (tertiary/aromatic N) is 1. The summed E-state index contributed by atoms with van der Waals surface area (Å²) in [7, 11) is 0. The molecule has 32 heavy (non-hydrogen) atoms. The molecule has 2 fully saturated rings. The number of anilines is 1. The zero-order chi connectivity index (χ0) is 23.7. The van der Waals surface area contributed by atoms with Crippen molar-refractivity contribution in [3.8, 4) is 0 Å². The number of hydrogen-bond donors (Lipinski definition) is 2. The Kier molecular flexibility index (Phi) is 7.25. The zero-order valence-electron chi connectivity index (χ0n) is 19.1. The Balaban J connectivity index is 1.66. The van der Waals surface area contributed by atoms with Crippen LogP contribution in [0.4, 0.5) is 28.2 Å². The van der Waals surface area contributed by atoms with Crippen LogP contribution in [0, 0.1) is 23.6 Å². The molecule has 1 unspecified atom stereocenters. The molecule has 5 nitrogen and oxygen atoms in total. The summed E-state index contributed by atoms with van der Waals surface area (Å²) in [6.45, 7) is 8.24. The van der Waals surface area contributed by atoms with Crippen LogP contribution in [-0.2, 0) is 10.9 Å². The highest BCUT2D eigenvalue weighted by Crippen LogP contribution is 2.37. The van der Waals surface area contributed by atoms with Gasteiger partial charge in [0.15, 0.2) is 11.6 Å². The fourth-order valence-corrected chi connectivity index (χ4v) is 5.07. The van der Waals surface area contributed by atoms with Crippen molar-refractivity contribution in [2.24, 2.45) is 17.8 Å². The van der Waals surface area contributed by atoms with Crippen LogP contribution in [0.1, 0.15) is 71.8 Å². The molecule has 1 aromatic heterocycles. The number of halogens is 4. The van der Waals surface area contributed by atoms with E-state index in [0.29, 0.717) is 42.9 Å². The molecular weight excluding hydrogens is 426 g/mol. The molecule has 0 aromatic carbocycles. The van der Waals surface area contributed by atoms with Crippen LogP contribution in [0.5, 0.6) is 0 Å². The molecule has 1 aromatic rings. The van der Waals surface area contributed by atoms with Gasteiger partial charge in [0.2, 0.25) is 0 Å². The Labute approximate surface area is 186 Å². The Morgan fingerprint density at radius 1 is 1.28 bits per heavy atom. The molecule has 0 spiro atoms. The number of alkyl carbamates (subject to hydrolysis) is 1. The van der Waals surface area contributed by atoms with Crippen molar-refractivity contribution in [2.45, 2.75) is 90.1 Å². The van der Waals surface area contributed by atoms with Crippen LogP contribution < -0.4 is 10.6 Å². The van der Waals surface area contributed by atoms with Gasteiger partial charge in [-0.05, 0) is 62.8 Å². The van der Waals surface area contributed by atoms with Gasteiger partial charge < -0.3 is 15.4 Å². The summed E-state index contributed by atoms with van der Waals surface area (Å²) in [4.78, 5) is 16.4. The van der Waals surface area contributed by atoms with Crippen LogP contribution in [-0.4, -0.2) is 28.8 Å². The summed E-state index contributed by atoms with van der Waals surface area (Å²) >= 11 is 0. The van der Waals surface area contributed by atoms with E-state index in [1.165, 1.54) is 0 Å². The van der Waals surface area contributed by atoms with Gasteiger partial charge >= 0.3 is 12.3 Å². The average Bonchev–Trinajstić information content (AvgIpc) is 3.02. The van der Waals surface area contributed by atoms with Crippen LogP contribution in [0.15, 0.2) is 12.3 Å². The Bertz CT molecular complexity index is 817. The second-order valence-corrected chi connectivity index (χ2v) is 9.95. The molecule has 5 atom stereocenters. The molecule has 0 bridgehead atoms. The largest absolute Gasteiger partial charge is 0.446 e. The van der Waals surface area contributed by atoms with E-state index in [0.717, 1.165) is 25.7 Å². The molecule has 2 N–H and O–H groups in total. The van der Waals surface area contributed by atoms with E-state index in [1.807, 2.05) is 6.92 Å². The van der Waals surface area contributed by atoms with E-state index in [9.17, 15) is 22.4 Å². The minimum absolute atomic E-state index is 0.145. The van der Waals surface area contributed by atoms with Gasteiger partial charge in [-0.3, -0.25) is 0 Å². The van der Waals surface area contributed by atoms with Gasteiger partial charge in [-0.25, -0.2) is 14.2 Å². The molecule has 1 heterocycles. The fraction of sp³-hybridized carbons (Fsp3) is 0.739. The highest BCUT2D eigenvalue weighted by Gasteiger charge is 2.42. The number of hydrogen-bond acceptors (Lipinski definition) is 4. The minimum atomic E-state index is -4.66. The first-order chi connectivity index (χ1) is 14.9. The molecule has 2 aliphatic carbocycles. The van der Waals surface area contributed by atoms with E-state index >= 15 is 0 Å². The van der Waals surface area contributed by atoms with Gasteiger partial charge in [0, 0.05) is 6.20 Å². The predicted octanol–water partition coefficient (Wildman–Crippen LogP) is 6.15. The third-order valence-electron chi connectivity index (χ3n) is 7.04. The number of carbonyl (C=O) groups excluding carboxylic acids is 1. The number of amides is 1. The van der Waals surface area contributed by atoms with Crippen LogP contribution in [0.2, 0.25) is 0 Å². The zero-order valence-corrected chi connectivity index (χ0v) is 19.1. The summed E-state index contributed by atoms with van der Waals surface area (Å²) in [6, 6.07) is 0.0673. The number of nitrogens with one attached hydrogen (secondary N) is 2. The van der Waals surface area contributed by atoms with Gasteiger partial charge in [0.1, 0.15) is 6.10 Å². The van der Waals surface area contributed by atoms with E-state index < -0.39 is 29.2 Å². The fourth-order valence-electron chi connectivity index (χ4n) is 5.07. The van der Waals surface area contributed by atoms with Crippen molar-refractivity contribution in [1.29, 1.82) is 0 Å². The maximum atomic E-state index is 14.3. The predicted molar refractivity (Wildman–Crippen MR) is 114 cm³/mol. The van der Waals surface area contributed by atoms with E-state index in [2.05, 4.69) is 36.4 Å². The van der Waals surface area contributed by atoms with Crippen molar-refractivity contribution in [3.63, 3.8) is 0 Å². The lowest BCUT2D eigenvalue weighted by atomic mass is 9.75. The maximum Gasteiger partial charge on any atom is 0.417 e. The summed E-state index contributed by atoms with van der Waals surface area (Å²) in [5.41, 5.74) is -1.90. The normalized spacial score (nSPS) is 30.9. The highest BCUT2D eigenvalue weighted by atomic mass is 19.4. The van der Waals surface area contributed by atoms with E-state index in [4.69, 9.17) is 4.74 Å². The summed E-state index contributed by atoms with van der Waals surface area (Å²) in [5, 5.41) is 5.85. The van der Waals surface area contributed by atoms with Crippen LogP contribution in [0.3, 0.4) is 0 Å². The van der Waals surface area contributed by atoms with Gasteiger partial charge in [0.25, 0.3) is 0 Å². The molecule has 180 valence electrons. The van der Waals surface area contributed by atoms with Crippen LogP contribution in [0.25, 0.3) is 0 Å². The van der Waals surface area contributed by atoms with E-state index in [1.54, 1.807) is 0 Å².